The number of ether oxygens (including phenoxy) is 2. The molecule has 42 heavy (non-hydrogen) atoms. The summed E-state index contributed by atoms with van der Waals surface area (Å²) in [5.74, 6) is 0.494. The van der Waals surface area contributed by atoms with Gasteiger partial charge in [0, 0.05) is 47.7 Å². The van der Waals surface area contributed by atoms with Gasteiger partial charge in [0.2, 0.25) is 5.88 Å². The summed E-state index contributed by atoms with van der Waals surface area (Å²) >= 11 is 0. The number of alkyl carbamates (subject to hydrolysis) is 1. The van der Waals surface area contributed by atoms with Gasteiger partial charge in [-0.2, -0.15) is 0 Å². The summed E-state index contributed by atoms with van der Waals surface area (Å²) in [6.45, 7) is 11.0. The number of aromatic nitrogens is 1. The van der Waals surface area contributed by atoms with Crippen molar-refractivity contribution in [3.8, 4) is 5.88 Å². The number of methoxy groups -OCH3 is 1. The number of anilines is 1. The molecule has 8 nitrogen and oxygen atoms in total. The number of amides is 2. The zero-order valence-electron chi connectivity index (χ0n) is 26.2. The molecule has 4 rings (SSSR count). The van der Waals surface area contributed by atoms with Gasteiger partial charge >= 0.3 is 6.09 Å². The van der Waals surface area contributed by atoms with Gasteiger partial charge in [0.25, 0.3) is 5.91 Å². The van der Waals surface area contributed by atoms with Crippen LogP contribution in [0.4, 0.5) is 10.5 Å². The fourth-order valence-electron chi connectivity index (χ4n) is 6.21. The molecule has 0 bridgehead atoms. The number of hydrogen-bond donors (Lipinski definition) is 2. The molecule has 228 valence electrons. The molecule has 2 aromatic rings. The predicted octanol–water partition coefficient (Wildman–Crippen LogP) is 6.43. The van der Waals surface area contributed by atoms with Gasteiger partial charge in [-0.25, -0.2) is 9.78 Å². The topological polar surface area (TPSA) is 92.8 Å². The highest BCUT2D eigenvalue weighted by atomic mass is 16.6. The summed E-state index contributed by atoms with van der Waals surface area (Å²) in [5.41, 5.74) is 5.40. The molecule has 0 radical (unpaired) electrons. The highest BCUT2D eigenvalue weighted by molar-refractivity contribution is 5.97. The van der Waals surface area contributed by atoms with Crippen molar-refractivity contribution in [1.82, 2.24) is 15.6 Å². The van der Waals surface area contributed by atoms with E-state index in [0.29, 0.717) is 30.5 Å². The van der Waals surface area contributed by atoms with Gasteiger partial charge in [-0.15, -0.1) is 0 Å². The van der Waals surface area contributed by atoms with Crippen LogP contribution in [0.1, 0.15) is 99.0 Å². The molecular formula is C34H48N4O4. The van der Waals surface area contributed by atoms with E-state index in [-0.39, 0.29) is 18.0 Å². The molecule has 0 atom stereocenters. The fourth-order valence-corrected chi connectivity index (χ4v) is 6.21. The molecule has 1 aromatic heterocycles. The van der Waals surface area contributed by atoms with Crippen LogP contribution in [0.3, 0.4) is 0 Å². The van der Waals surface area contributed by atoms with Crippen LogP contribution >= 0.6 is 0 Å². The Balaban J connectivity index is 1.55. The minimum absolute atomic E-state index is 0.0885. The molecule has 0 saturated heterocycles. The molecule has 0 spiro atoms. The minimum Gasteiger partial charge on any atom is -0.481 e. The van der Waals surface area contributed by atoms with E-state index in [1.165, 1.54) is 5.56 Å². The number of carbonyl (C=O) groups excluding carboxylic acids is 2. The number of carbonyl (C=O) groups is 2. The molecule has 2 amide bonds. The summed E-state index contributed by atoms with van der Waals surface area (Å²) in [5, 5.41) is 6.23. The van der Waals surface area contributed by atoms with E-state index in [1.54, 1.807) is 7.11 Å². The number of benzene rings is 1. The summed E-state index contributed by atoms with van der Waals surface area (Å²) in [7, 11) is 1.63. The lowest BCUT2D eigenvalue weighted by Gasteiger charge is -2.39. The number of allylic oxidation sites excluding steroid dienone is 2. The average molecular weight is 577 g/mol. The van der Waals surface area contributed by atoms with Crippen LogP contribution in [0.15, 0.2) is 36.4 Å². The molecule has 2 aliphatic rings. The van der Waals surface area contributed by atoms with Gasteiger partial charge in [0.1, 0.15) is 5.60 Å². The van der Waals surface area contributed by atoms with Crippen molar-refractivity contribution in [2.75, 3.05) is 18.6 Å². The lowest BCUT2D eigenvalue weighted by Crippen LogP contribution is -2.45. The fraction of sp³-hybridized carbons (Fsp3) is 0.559. The number of aryl methyl sites for hydroxylation is 2. The van der Waals surface area contributed by atoms with Gasteiger partial charge in [-0.1, -0.05) is 18.2 Å². The number of rotatable bonds is 5. The zero-order chi connectivity index (χ0) is 30.3. The maximum Gasteiger partial charge on any atom is 0.407 e. The van der Waals surface area contributed by atoms with Gasteiger partial charge in [-0.05, 0) is 115 Å². The van der Waals surface area contributed by atoms with Crippen molar-refractivity contribution in [2.45, 2.75) is 110 Å². The first-order valence-electron chi connectivity index (χ1n) is 15.4. The van der Waals surface area contributed by atoms with Gasteiger partial charge < -0.3 is 25.0 Å². The van der Waals surface area contributed by atoms with Gasteiger partial charge in [-0.3, -0.25) is 4.79 Å². The summed E-state index contributed by atoms with van der Waals surface area (Å²) in [6.07, 6.45) is 11.4. The van der Waals surface area contributed by atoms with Crippen molar-refractivity contribution in [3.05, 3.63) is 64.4 Å². The first-order valence-corrected chi connectivity index (χ1v) is 15.4. The molecule has 1 saturated carbocycles. The molecule has 2 heterocycles. The lowest BCUT2D eigenvalue weighted by molar-refractivity contribution is 0.0491. The summed E-state index contributed by atoms with van der Waals surface area (Å²) < 4.78 is 11.1. The molecule has 1 aliphatic carbocycles. The van der Waals surface area contributed by atoms with Crippen molar-refractivity contribution >= 4 is 17.7 Å². The first-order chi connectivity index (χ1) is 20.1. The smallest absolute Gasteiger partial charge is 0.407 e. The minimum atomic E-state index is -0.508. The van der Waals surface area contributed by atoms with Crippen LogP contribution in [0.25, 0.3) is 0 Å². The number of nitrogens with one attached hydrogen (secondary N) is 2. The molecule has 1 fully saturated rings. The number of nitrogens with zero attached hydrogens (tertiary/aromatic N) is 2. The molecule has 1 aliphatic heterocycles. The Morgan fingerprint density at radius 1 is 1.14 bits per heavy atom. The second kappa shape index (κ2) is 14.1. The molecule has 0 unspecified atom stereocenters. The van der Waals surface area contributed by atoms with Crippen LogP contribution in [-0.2, 0) is 24.1 Å². The van der Waals surface area contributed by atoms with E-state index in [4.69, 9.17) is 9.47 Å². The van der Waals surface area contributed by atoms with Gasteiger partial charge in [0.05, 0.1) is 7.11 Å². The van der Waals surface area contributed by atoms with Crippen LogP contribution in [0.5, 0.6) is 5.88 Å². The Kier molecular flexibility index (Phi) is 10.5. The Hall–Kier alpha value is -3.55. The maximum atomic E-state index is 13.7. The first kappa shape index (κ1) is 31.4. The summed E-state index contributed by atoms with van der Waals surface area (Å²) in [6, 6.07) is 8.63. The normalized spacial score (nSPS) is 19.6. The predicted molar refractivity (Wildman–Crippen MR) is 167 cm³/mol. The Labute approximate surface area is 251 Å². The third-order valence-corrected chi connectivity index (χ3v) is 8.14. The van der Waals surface area contributed by atoms with E-state index < -0.39 is 5.60 Å². The molecule has 1 aromatic carbocycles. The number of hydrogen-bond acceptors (Lipinski definition) is 6. The van der Waals surface area contributed by atoms with Crippen molar-refractivity contribution in [3.63, 3.8) is 0 Å². The van der Waals surface area contributed by atoms with E-state index in [1.807, 2.05) is 39.8 Å². The Morgan fingerprint density at radius 3 is 2.60 bits per heavy atom. The standard InChI is InChI=1S/C34H48N4O4/c1-7-38(26-19-17-25(18-20-26)37-33(40)42-34(3,4)5)30-16-12-15-28-27(30)14-11-9-8-10-13-24-21-23(2)36-32(41-6)29(24)22-35-31(28)39/h9,11-12,15-16,21,25-26H,7-8,10,13-14,17-20,22H2,1-6H3,(H,35,39)(H,37,40). The zero-order valence-corrected chi connectivity index (χ0v) is 26.2. The van der Waals surface area contributed by atoms with Crippen LogP contribution in [0, 0.1) is 6.92 Å². The lowest BCUT2D eigenvalue weighted by atomic mass is 9.89. The van der Waals surface area contributed by atoms with Gasteiger partial charge in [0.15, 0.2) is 0 Å². The van der Waals surface area contributed by atoms with E-state index >= 15 is 0 Å². The van der Waals surface area contributed by atoms with Crippen molar-refractivity contribution in [2.24, 2.45) is 0 Å². The van der Waals surface area contributed by atoms with Crippen LogP contribution < -0.4 is 20.3 Å². The summed E-state index contributed by atoms with van der Waals surface area (Å²) in [4.78, 5) is 33.0. The Morgan fingerprint density at radius 2 is 1.90 bits per heavy atom. The molecule has 8 heteroatoms. The number of pyridine rings is 1. The Bertz CT molecular complexity index is 1280. The third-order valence-electron chi connectivity index (χ3n) is 8.14. The largest absolute Gasteiger partial charge is 0.481 e. The number of fused-ring (bicyclic) bond motifs is 2. The monoisotopic (exact) mass is 576 g/mol. The maximum absolute atomic E-state index is 13.7. The van der Waals surface area contributed by atoms with Crippen molar-refractivity contribution < 1.29 is 19.1 Å². The second-order valence-corrected chi connectivity index (χ2v) is 12.4. The SMILES string of the molecule is CCN(c1cccc2c1CC=CCCCc1cc(C)nc(OC)c1CNC2=O)C1CCC(NC(=O)OC(C)(C)C)CC1. The highest BCUT2D eigenvalue weighted by Gasteiger charge is 2.29. The third kappa shape index (κ3) is 8.05. The van der Waals surface area contributed by atoms with E-state index in [9.17, 15) is 9.59 Å². The van der Waals surface area contributed by atoms with E-state index in [2.05, 4.69) is 51.7 Å². The molecular weight excluding hydrogens is 528 g/mol. The van der Waals surface area contributed by atoms with Crippen LogP contribution in [-0.4, -0.2) is 48.3 Å². The van der Waals surface area contributed by atoms with Crippen molar-refractivity contribution in [1.29, 1.82) is 0 Å². The van der Waals surface area contributed by atoms with Crippen LogP contribution in [0.2, 0.25) is 0 Å². The quantitative estimate of drug-likeness (QED) is 0.399. The second-order valence-electron chi connectivity index (χ2n) is 12.4. The molecule has 2 N–H and O–H groups in total. The van der Waals surface area contributed by atoms with E-state index in [0.717, 1.165) is 74.0 Å². The highest BCUT2D eigenvalue weighted by Crippen LogP contribution is 2.33. The average Bonchev–Trinajstić information content (AvgIpc) is 2.95.